The van der Waals surface area contributed by atoms with E-state index in [1.54, 1.807) is 13.0 Å². The molecular formula is C16H26O3. The van der Waals surface area contributed by atoms with Crippen LogP contribution in [0.15, 0.2) is 22.8 Å². The molecular weight excluding hydrogens is 240 g/mol. The summed E-state index contributed by atoms with van der Waals surface area (Å²) >= 11 is 0. The van der Waals surface area contributed by atoms with Crippen molar-refractivity contribution in [2.45, 2.75) is 53.1 Å². The minimum atomic E-state index is -0.850. The van der Waals surface area contributed by atoms with Crippen LogP contribution in [-0.4, -0.2) is 29.2 Å². The van der Waals surface area contributed by atoms with Gasteiger partial charge >= 0.3 is 0 Å². The fraction of sp³-hybridized carbons (Fsp3) is 0.688. The number of carbonyl (C=O) groups excluding carboxylic acids is 1. The van der Waals surface area contributed by atoms with Gasteiger partial charge in [0.1, 0.15) is 6.29 Å². The Hall–Kier alpha value is -0.930. The summed E-state index contributed by atoms with van der Waals surface area (Å²) in [5, 5.41) is 19.4. The Morgan fingerprint density at radius 3 is 2.58 bits per heavy atom. The van der Waals surface area contributed by atoms with Crippen LogP contribution in [0, 0.1) is 11.3 Å². The van der Waals surface area contributed by atoms with Gasteiger partial charge < -0.3 is 10.2 Å². The molecule has 2 atom stereocenters. The maximum Gasteiger partial charge on any atom is 0.145 e. The first-order chi connectivity index (χ1) is 8.83. The average molecular weight is 266 g/mol. The van der Waals surface area contributed by atoms with Crippen molar-refractivity contribution >= 4 is 6.29 Å². The second-order valence-corrected chi connectivity index (χ2v) is 6.24. The molecule has 1 aliphatic rings. The van der Waals surface area contributed by atoms with E-state index in [9.17, 15) is 15.0 Å². The molecule has 108 valence electrons. The van der Waals surface area contributed by atoms with Crippen molar-refractivity contribution in [1.29, 1.82) is 0 Å². The first-order valence-electron chi connectivity index (χ1n) is 6.96. The molecule has 2 N–H and O–H groups in total. The Labute approximate surface area is 116 Å². The molecule has 1 rings (SSSR count). The lowest BCUT2D eigenvalue weighted by Crippen LogP contribution is -2.33. The summed E-state index contributed by atoms with van der Waals surface area (Å²) < 4.78 is 0. The van der Waals surface area contributed by atoms with E-state index < -0.39 is 6.10 Å². The molecule has 2 unspecified atom stereocenters. The SMILES string of the molecule is CC(C=O)=CC(C1=C(C)CCCC1(C)C)C(O)CO. The molecule has 3 heteroatoms. The summed E-state index contributed by atoms with van der Waals surface area (Å²) in [5.41, 5.74) is 3.06. The summed E-state index contributed by atoms with van der Waals surface area (Å²) in [6.07, 6.45) is 4.99. The number of allylic oxidation sites excluding steroid dienone is 2. The summed E-state index contributed by atoms with van der Waals surface area (Å²) in [6, 6.07) is 0. The van der Waals surface area contributed by atoms with Crippen molar-refractivity contribution in [3.8, 4) is 0 Å². The third kappa shape index (κ3) is 3.77. The van der Waals surface area contributed by atoms with E-state index in [1.165, 1.54) is 11.1 Å². The van der Waals surface area contributed by atoms with E-state index in [2.05, 4.69) is 20.8 Å². The number of hydrogen-bond acceptors (Lipinski definition) is 3. The van der Waals surface area contributed by atoms with E-state index in [0.29, 0.717) is 5.57 Å². The monoisotopic (exact) mass is 266 g/mol. The van der Waals surface area contributed by atoms with Crippen molar-refractivity contribution in [3.05, 3.63) is 22.8 Å². The zero-order valence-electron chi connectivity index (χ0n) is 12.4. The van der Waals surface area contributed by atoms with E-state index in [-0.39, 0.29) is 17.9 Å². The fourth-order valence-electron chi connectivity index (χ4n) is 3.20. The quantitative estimate of drug-likeness (QED) is 0.457. The standard InChI is InChI=1S/C16H26O3/c1-11(9-17)8-13(14(19)10-18)15-12(2)6-5-7-16(15,3)4/h8-9,13-14,18-19H,5-7,10H2,1-4H3. The largest absolute Gasteiger partial charge is 0.394 e. The van der Waals surface area contributed by atoms with E-state index in [4.69, 9.17) is 0 Å². The highest BCUT2D eigenvalue weighted by Crippen LogP contribution is 2.45. The number of aldehydes is 1. The topological polar surface area (TPSA) is 57.5 Å². The van der Waals surface area contributed by atoms with Crippen molar-refractivity contribution in [2.75, 3.05) is 6.61 Å². The summed E-state index contributed by atoms with van der Waals surface area (Å²) in [5.74, 6) is -0.273. The zero-order chi connectivity index (χ0) is 14.6. The van der Waals surface area contributed by atoms with Gasteiger partial charge in [-0.3, -0.25) is 4.79 Å². The van der Waals surface area contributed by atoms with Crippen molar-refractivity contribution in [3.63, 3.8) is 0 Å². The number of hydrogen-bond donors (Lipinski definition) is 2. The first-order valence-corrected chi connectivity index (χ1v) is 6.96. The molecule has 0 aliphatic heterocycles. The van der Waals surface area contributed by atoms with Gasteiger partial charge in [0.25, 0.3) is 0 Å². The molecule has 0 saturated carbocycles. The summed E-state index contributed by atoms with van der Waals surface area (Å²) in [6.45, 7) is 7.88. The molecule has 1 aliphatic carbocycles. The molecule has 0 bridgehead atoms. The highest BCUT2D eigenvalue weighted by atomic mass is 16.3. The number of aliphatic hydroxyl groups is 2. The van der Waals surface area contributed by atoms with E-state index in [0.717, 1.165) is 25.5 Å². The molecule has 0 aromatic rings. The van der Waals surface area contributed by atoms with Crippen LogP contribution in [0.2, 0.25) is 0 Å². The summed E-state index contributed by atoms with van der Waals surface area (Å²) in [4.78, 5) is 10.8. The van der Waals surface area contributed by atoms with Gasteiger partial charge in [0.15, 0.2) is 0 Å². The Morgan fingerprint density at radius 2 is 2.11 bits per heavy atom. The van der Waals surface area contributed by atoms with Crippen molar-refractivity contribution < 1.29 is 15.0 Å². The minimum absolute atomic E-state index is 0.00279. The Morgan fingerprint density at radius 1 is 1.47 bits per heavy atom. The molecule has 0 heterocycles. The van der Waals surface area contributed by atoms with Gasteiger partial charge in [-0.15, -0.1) is 0 Å². The molecule has 0 aromatic carbocycles. The highest BCUT2D eigenvalue weighted by molar-refractivity contribution is 5.72. The molecule has 0 saturated heterocycles. The van der Waals surface area contributed by atoms with E-state index >= 15 is 0 Å². The maximum atomic E-state index is 10.8. The van der Waals surface area contributed by atoms with Crippen LogP contribution in [0.1, 0.15) is 47.0 Å². The fourth-order valence-corrected chi connectivity index (χ4v) is 3.20. The minimum Gasteiger partial charge on any atom is -0.394 e. The van der Waals surface area contributed by atoms with Gasteiger partial charge in [0.2, 0.25) is 0 Å². The Kier molecular flexibility index (Phi) is 5.50. The Balaban J connectivity index is 3.26. The smallest absolute Gasteiger partial charge is 0.145 e. The van der Waals surface area contributed by atoms with Crippen LogP contribution in [0.4, 0.5) is 0 Å². The van der Waals surface area contributed by atoms with Crippen LogP contribution in [0.5, 0.6) is 0 Å². The van der Waals surface area contributed by atoms with Crippen LogP contribution < -0.4 is 0 Å². The number of carbonyl (C=O) groups is 1. The molecule has 0 aromatic heterocycles. The Bertz CT molecular complexity index is 391. The van der Waals surface area contributed by atoms with Gasteiger partial charge in [0, 0.05) is 5.92 Å². The molecule has 0 amide bonds. The third-order valence-corrected chi connectivity index (χ3v) is 4.11. The molecule has 3 nitrogen and oxygen atoms in total. The normalized spacial score (nSPS) is 23.2. The lowest BCUT2D eigenvalue weighted by atomic mass is 9.66. The van der Waals surface area contributed by atoms with Crippen molar-refractivity contribution in [1.82, 2.24) is 0 Å². The lowest BCUT2D eigenvalue weighted by molar-refractivity contribution is -0.104. The van der Waals surface area contributed by atoms with Gasteiger partial charge in [-0.1, -0.05) is 31.1 Å². The van der Waals surface area contributed by atoms with Crippen LogP contribution in [0.25, 0.3) is 0 Å². The average Bonchev–Trinajstić information content (AvgIpc) is 2.35. The van der Waals surface area contributed by atoms with Crippen LogP contribution in [0.3, 0.4) is 0 Å². The second kappa shape index (κ2) is 6.49. The van der Waals surface area contributed by atoms with Crippen LogP contribution >= 0.6 is 0 Å². The zero-order valence-corrected chi connectivity index (χ0v) is 12.4. The molecule has 0 radical (unpaired) electrons. The first kappa shape index (κ1) is 16.1. The molecule has 0 spiro atoms. The second-order valence-electron chi connectivity index (χ2n) is 6.24. The number of rotatable bonds is 5. The van der Waals surface area contributed by atoms with Crippen LogP contribution in [-0.2, 0) is 4.79 Å². The number of aliphatic hydroxyl groups excluding tert-OH is 2. The van der Waals surface area contributed by atoms with Crippen molar-refractivity contribution in [2.24, 2.45) is 11.3 Å². The third-order valence-electron chi connectivity index (χ3n) is 4.11. The lowest BCUT2D eigenvalue weighted by Gasteiger charge is -2.39. The summed E-state index contributed by atoms with van der Waals surface area (Å²) in [7, 11) is 0. The van der Waals surface area contributed by atoms with Gasteiger partial charge in [-0.25, -0.2) is 0 Å². The predicted octanol–water partition coefficient (Wildman–Crippen LogP) is 2.63. The van der Waals surface area contributed by atoms with Gasteiger partial charge in [-0.2, -0.15) is 0 Å². The van der Waals surface area contributed by atoms with Gasteiger partial charge in [0.05, 0.1) is 12.7 Å². The van der Waals surface area contributed by atoms with E-state index in [1.807, 2.05) is 0 Å². The molecule has 19 heavy (non-hydrogen) atoms. The molecule has 0 fully saturated rings. The van der Waals surface area contributed by atoms with Gasteiger partial charge in [-0.05, 0) is 44.1 Å². The maximum absolute atomic E-state index is 10.8. The predicted molar refractivity (Wildman–Crippen MR) is 76.7 cm³/mol. The highest BCUT2D eigenvalue weighted by Gasteiger charge is 2.35.